The quantitative estimate of drug-likeness (QED) is 0.183. The van der Waals surface area contributed by atoms with E-state index in [4.69, 9.17) is 15.0 Å². The normalized spacial score (nSPS) is 14.7. The van der Waals surface area contributed by atoms with E-state index in [9.17, 15) is 5.26 Å². The van der Waals surface area contributed by atoms with Crippen LogP contribution in [0.4, 0.5) is 0 Å². The second kappa shape index (κ2) is 11.8. The van der Waals surface area contributed by atoms with Crippen molar-refractivity contribution in [3.63, 3.8) is 0 Å². The van der Waals surface area contributed by atoms with Gasteiger partial charge in [-0.15, -0.1) is 11.3 Å². The van der Waals surface area contributed by atoms with Crippen LogP contribution in [0.25, 0.3) is 77.6 Å². The van der Waals surface area contributed by atoms with Crippen molar-refractivity contribution in [3.8, 4) is 73.6 Å². The maximum absolute atomic E-state index is 9.58. The van der Waals surface area contributed by atoms with Crippen LogP contribution in [0.2, 0.25) is 0 Å². The fourth-order valence-electron chi connectivity index (χ4n) is 8.78. The highest BCUT2D eigenvalue weighted by Crippen LogP contribution is 2.65. The first kappa shape index (κ1) is 30.6. The summed E-state index contributed by atoms with van der Waals surface area (Å²) < 4.78 is 1.25. The van der Waals surface area contributed by atoms with E-state index >= 15 is 0 Å². The smallest absolute Gasteiger partial charge is 0.164 e. The van der Waals surface area contributed by atoms with Crippen molar-refractivity contribution in [1.29, 1.82) is 5.26 Å². The van der Waals surface area contributed by atoms with Gasteiger partial charge in [0.25, 0.3) is 0 Å². The molecule has 1 unspecified atom stereocenters. The second-order valence-electron chi connectivity index (χ2n) is 13.8. The number of benzene rings is 7. The molecule has 2 aliphatic rings. The van der Waals surface area contributed by atoms with Crippen molar-refractivity contribution in [2.24, 2.45) is 0 Å². The molecular weight excluding hydrogens is 677 g/mol. The predicted molar refractivity (Wildman–Crippen MR) is 218 cm³/mol. The molecule has 0 radical (unpaired) electrons. The summed E-state index contributed by atoms with van der Waals surface area (Å²) in [6, 6.07) is 59.8. The Kier molecular flexibility index (Phi) is 6.67. The molecule has 9 aromatic rings. The molecule has 4 nitrogen and oxygen atoms in total. The maximum Gasteiger partial charge on any atom is 0.164 e. The molecule has 7 aromatic carbocycles. The largest absolute Gasteiger partial charge is 0.208 e. The molecule has 54 heavy (non-hydrogen) atoms. The number of fused-ring (bicyclic) bond motifs is 12. The number of rotatable bonds is 4. The average Bonchev–Trinajstić information content (AvgIpc) is 3.94. The van der Waals surface area contributed by atoms with Crippen molar-refractivity contribution in [2.45, 2.75) is 5.41 Å². The number of nitriles is 1. The minimum absolute atomic E-state index is 0.580. The van der Waals surface area contributed by atoms with Crippen LogP contribution >= 0.6 is 11.3 Å². The van der Waals surface area contributed by atoms with Crippen molar-refractivity contribution in [3.05, 3.63) is 197 Å². The van der Waals surface area contributed by atoms with Crippen LogP contribution in [0.3, 0.4) is 0 Å². The zero-order valence-corrected chi connectivity index (χ0v) is 29.7. The summed E-state index contributed by atoms with van der Waals surface area (Å²) in [5, 5.41) is 13.0. The highest BCUT2D eigenvalue weighted by molar-refractivity contribution is 7.17. The predicted octanol–water partition coefficient (Wildman–Crippen LogP) is 12.0. The van der Waals surface area contributed by atoms with Gasteiger partial charge in [0.1, 0.15) is 0 Å². The fourth-order valence-corrected chi connectivity index (χ4v) is 9.72. The Labute approximate surface area is 316 Å². The Balaban J connectivity index is 1.21. The molecule has 0 bridgehead atoms. The van der Waals surface area contributed by atoms with Gasteiger partial charge in [-0.1, -0.05) is 133 Å². The molecule has 0 aliphatic heterocycles. The lowest BCUT2D eigenvalue weighted by molar-refractivity contribution is 0.795. The van der Waals surface area contributed by atoms with Gasteiger partial charge in [-0.05, 0) is 91.3 Å². The zero-order valence-electron chi connectivity index (χ0n) is 28.9. The fraction of sp³-hybridized carbons (Fsp3) is 0.0204. The van der Waals surface area contributed by atoms with E-state index in [1.54, 1.807) is 11.3 Å². The molecule has 1 atom stereocenters. The lowest BCUT2D eigenvalue weighted by Gasteiger charge is -2.31. The Morgan fingerprint density at radius 1 is 0.444 bits per heavy atom. The lowest BCUT2D eigenvalue weighted by atomic mass is 9.70. The second-order valence-corrected chi connectivity index (χ2v) is 14.8. The summed E-state index contributed by atoms with van der Waals surface area (Å²) in [5.41, 5.74) is 15.2. The van der Waals surface area contributed by atoms with Gasteiger partial charge in [0.15, 0.2) is 17.5 Å². The van der Waals surface area contributed by atoms with Gasteiger partial charge in [0, 0.05) is 26.8 Å². The van der Waals surface area contributed by atoms with Crippen molar-refractivity contribution < 1.29 is 0 Å². The van der Waals surface area contributed by atoms with Gasteiger partial charge in [-0.2, -0.15) is 5.26 Å². The number of aromatic nitrogens is 3. The van der Waals surface area contributed by atoms with Crippen LogP contribution in [0.15, 0.2) is 169 Å². The Bertz CT molecular complexity index is 2940. The molecule has 11 rings (SSSR count). The van der Waals surface area contributed by atoms with Crippen LogP contribution in [0, 0.1) is 11.3 Å². The minimum atomic E-state index is -0.580. The zero-order chi connectivity index (χ0) is 35.8. The molecule has 0 amide bonds. The molecule has 2 heterocycles. The van der Waals surface area contributed by atoms with Crippen LogP contribution in [-0.4, -0.2) is 15.0 Å². The Morgan fingerprint density at radius 2 is 1.00 bits per heavy atom. The van der Waals surface area contributed by atoms with Crippen molar-refractivity contribution >= 4 is 21.4 Å². The first-order chi connectivity index (χ1) is 26.7. The maximum atomic E-state index is 9.58. The summed E-state index contributed by atoms with van der Waals surface area (Å²) in [4.78, 5) is 15.2. The van der Waals surface area contributed by atoms with Crippen molar-refractivity contribution in [2.75, 3.05) is 0 Å². The van der Waals surface area contributed by atoms with Crippen LogP contribution in [0.1, 0.15) is 27.8 Å². The first-order valence-electron chi connectivity index (χ1n) is 18.0. The van der Waals surface area contributed by atoms with E-state index in [1.807, 2.05) is 72.8 Å². The molecule has 0 saturated heterocycles. The molecule has 5 heteroatoms. The number of nitrogens with zero attached hydrogens (tertiary/aromatic N) is 4. The van der Waals surface area contributed by atoms with E-state index in [0.717, 1.165) is 22.3 Å². The Morgan fingerprint density at radius 3 is 1.67 bits per heavy atom. The topological polar surface area (TPSA) is 62.5 Å². The summed E-state index contributed by atoms with van der Waals surface area (Å²) in [5.74, 6) is 1.91. The van der Waals surface area contributed by atoms with Crippen LogP contribution < -0.4 is 0 Å². The first-order valence-corrected chi connectivity index (χ1v) is 18.9. The standard InChI is InChI=1S/C49H28N4S/c50-29-30-19-21-31(22-20-30)39-28-43-44(38-25-26-54-45(38)39)37-16-8-10-18-41(37)49(43)40-17-9-7-15-35(40)36-24-23-34(27-42(36)49)48-52-46(32-11-3-1-4-12-32)51-47(53-48)33-13-5-2-6-14-33/h1-28H. The van der Waals surface area contributed by atoms with Crippen molar-refractivity contribution in [1.82, 2.24) is 15.0 Å². The molecule has 250 valence electrons. The van der Waals surface area contributed by atoms with Gasteiger partial charge >= 0.3 is 0 Å². The summed E-state index contributed by atoms with van der Waals surface area (Å²) >= 11 is 1.77. The molecule has 0 fully saturated rings. The molecule has 0 saturated carbocycles. The molecular formula is C49H28N4S. The summed E-state index contributed by atoms with van der Waals surface area (Å²) in [7, 11) is 0. The Hall–Kier alpha value is -7.00. The van der Waals surface area contributed by atoms with E-state index in [-0.39, 0.29) is 0 Å². The molecule has 2 aromatic heterocycles. The van der Waals surface area contributed by atoms with E-state index in [2.05, 4.69) is 102 Å². The number of hydrogen-bond donors (Lipinski definition) is 0. The van der Waals surface area contributed by atoms with Crippen LogP contribution in [0.5, 0.6) is 0 Å². The summed E-state index contributed by atoms with van der Waals surface area (Å²) in [6.07, 6.45) is 0. The van der Waals surface area contributed by atoms with Gasteiger partial charge in [-0.25, -0.2) is 15.0 Å². The number of thiophene rings is 1. The van der Waals surface area contributed by atoms with Crippen LogP contribution in [-0.2, 0) is 5.41 Å². The van der Waals surface area contributed by atoms with Gasteiger partial charge < -0.3 is 0 Å². The average molecular weight is 705 g/mol. The third-order valence-electron chi connectivity index (χ3n) is 11.1. The molecule has 0 N–H and O–H groups in total. The summed E-state index contributed by atoms with van der Waals surface area (Å²) in [6.45, 7) is 0. The van der Waals surface area contributed by atoms with Gasteiger partial charge in [-0.3, -0.25) is 0 Å². The third kappa shape index (κ3) is 4.32. The lowest BCUT2D eigenvalue weighted by Crippen LogP contribution is -2.26. The third-order valence-corrected chi connectivity index (χ3v) is 12.0. The number of hydrogen-bond acceptors (Lipinski definition) is 5. The van der Waals surface area contributed by atoms with E-state index in [0.29, 0.717) is 23.0 Å². The highest BCUT2D eigenvalue weighted by Gasteiger charge is 2.52. The van der Waals surface area contributed by atoms with E-state index in [1.165, 1.54) is 60.2 Å². The SMILES string of the molecule is N#Cc1ccc(-c2cc3c(c4ccsc24)-c2ccccc2C32c3ccccc3-c3ccc(-c4nc(-c5ccccc5)nc(-c5ccccc5)n4)cc32)cc1. The monoisotopic (exact) mass is 704 g/mol. The minimum Gasteiger partial charge on any atom is -0.208 e. The van der Waals surface area contributed by atoms with Gasteiger partial charge in [0.2, 0.25) is 0 Å². The van der Waals surface area contributed by atoms with E-state index < -0.39 is 5.41 Å². The molecule has 1 spiro atoms. The molecule has 2 aliphatic carbocycles. The van der Waals surface area contributed by atoms with Gasteiger partial charge in [0.05, 0.1) is 17.0 Å². The highest BCUT2D eigenvalue weighted by atomic mass is 32.1.